The molecule has 0 fully saturated rings. The maximum Gasteiger partial charge on any atom is 0.257 e. The molecule has 1 aromatic carbocycles. The number of amides is 1. The summed E-state index contributed by atoms with van der Waals surface area (Å²) in [5.74, 6) is 0.185. The topological polar surface area (TPSA) is 51.2 Å². The maximum atomic E-state index is 11.6. The predicted molar refractivity (Wildman–Crippen MR) is 80.8 cm³/mol. The Bertz CT molecular complexity index is 576. The summed E-state index contributed by atoms with van der Waals surface area (Å²) < 4.78 is 5.33. The molecule has 2 aromatic rings. The van der Waals surface area contributed by atoms with Crippen molar-refractivity contribution in [1.82, 2.24) is 10.3 Å². The van der Waals surface area contributed by atoms with Crippen LogP contribution in [0.4, 0.5) is 0 Å². The van der Waals surface area contributed by atoms with Gasteiger partial charge in [0.05, 0.1) is 16.2 Å². The first-order valence-corrected chi connectivity index (χ1v) is 7.56. The van der Waals surface area contributed by atoms with Crippen molar-refractivity contribution in [3.63, 3.8) is 0 Å². The van der Waals surface area contributed by atoms with Gasteiger partial charge in [0.25, 0.3) is 5.91 Å². The molecule has 0 bridgehead atoms. The van der Waals surface area contributed by atoms with Crippen LogP contribution in [0.5, 0.6) is 5.75 Å². The SMILES string of the molecule is O=C(COc1cc(Cl)ccc1Cl)NCCc1cscn1. The second kappa shape index (κ2) is 7.47. The van der Waals surface area contributed by atoms with Gasteiger partial charge in [-0.3, -0.25) is 4.79 Å². The van der Waals surface area contributed by atoms with Crippen molar-refractivity contribution in [2.75, 3.05) is 13.2 Å². The number of hydrogen-bond acceptors (Lipinski definition) is 4. The smallest absolute Gasteiger partial charge is 0.257 e. The molecule has 2 rings (SSSR count). The van der Waals surface area contributed by atoms with E-state index in [1.54, 1.807) is 23.7 Å². The van der Waals surface area contributed by atoms with Gasteiger partial charge in [0.15, 0.2) is 6.61 Å². The zero-order valence-electron chi connectivity index (χ0n) is 10.4. The number of aromatic nitrogens is 1. The molecule has 0 saturated heterocycles. The predicted octanol–water partition coefficient (Wildman–Crippen LogP) is 3.19. The van der Waals surface area contributed by atoms with Crippen LogP contribution in [0.25, 0.3) is 0 Å². The van der Waals surface area contributed by atoms with E-state index in [4.69, 9.17) is 27.9 Å². The van der Waals surface area contributed by atoms with Crippen LogP contribution in [-0.4, -0.2) is 24.0 Å². The van der Waals surface area contributed by atoms with Crippen LogP contribution in [0.2, 0.25) is 10.0 Å². The highest BCUT2D eigenvalue weighted by Crippen LogP contribution is 2.27. The standard InChI is InChI=1S/C13H12Cl2N2O2S/c14-9-1-2-11(15)12(5-9)19-6-13(18)16-4-3-10-7-20-8-17-10/h1-2,5,7-8H,3-4,6H2,(H,16,18). The zero-order valence-corrected chi connectivity index (χ0v) is 12.8. The normalized spacial score (nSPS) is 10.3. The number of hydrogen-bond donors (Lipinski definition) is 1. The third kappa shape index (κ3) is 4.67. The molecule has 1 N–H and O–H groups in total. The number of halogens is 2. The van der Waals surface area contributed by atoms with Crippen molar-refractivity contribution >= 4 is 40.4 Å². The molecule has 4 nitrogen and oxygen atoms in total. The Morgan fingerprint density at radius 1 is 1.40 bits per heavy atom. The van der Waals surface area contributed by atoms with Gasteiger partial charge in [-0.2, -0.15) is 0 Å². The number of nitrogens with one attached hydrogen (secondary N) is 1. The second-order valence-corrected chi connectivity index (χ2v) is 5.51. The van der Waals surface area contributed by atoms with Gasteiger partial charge in [0, 0.05) is 29.4 Å². The van der Waals surface area contributed by atoms with Crippen molar-refractivity contribution in [3.05, 3.63) is 44.8 Å². The lowest BCUT2D eigenvalue weighted by Gasteiger charge is -2.08. The number of ether oxygens (including phenoxy) is 1. The largest absolute Gasteiger partial charge is 0.482 e. The monoisotopic (exact) mass is 330 g/mol. The van der Waals surface area contributed by atoms with Crippen LogP contribution in [0.1, 0.15) is 5.69 Å². The molecule has 0 atom stereocenters. The van der Waals surface area contributed by atoms with E-state index in [9.17, 15) is 4.79 Å². The van der Waals surface area contributed by atoms with Gasteiger partial charge in [0.2, 0.25) is 0 Å². The minimum Gasteiger partial charge on any atom is -0.482 e. The van der Waals surface area contributed by atoms with Gasteiger partial charge >= 0.3 is 0 Å². The summed E-state index contributed by atoms with van der Waals surface area (Å²) >= 11 is 13.3. The lowest BCUT2D eigenvalue weighted by molar-refractivity contribution is -0.123. The molecule has 0 unspecified atom stereocenters. The molecule has 0 aliphatic heterocycles. The van der Waals surface area contributed by atoms with E-state index >= 15 is 0 Å². The Morgan fingerprint density at radius 3 is 3.00 bits per heavy atom. The van der Waals surface area contributed by atoms with Gasteiger partial charge in [-0.05, 0) is 12.1 Å². The average Bonchev–Trinajstić information content (AvgIpc) is 2.93. The van der Waals surface area contributed by atoms with Gasteiger partial charge in [0.1, 0.15) is 5.75 Å². The van der Waals surface area contributed by atoms with E-state index in [-0.39, 0.29) is 12.5 Å². The summed E-state index contributed by atoms with van der Waals surface area (Å²) in [5.41, 5.74) is 2.73. The third-order valence-electron chi connectivity index (χ3n) is 2.44. The molecular weight excluding hydrogens is 319 g/mol. The lowest BCUT2D eigenvalue weighted by atomic mass is 10.3. The van der Waals surface area contributed by atoms with E-state index in [2.05, 4.69) is 10.3 Å². The van der Waals surface area contributed by atoms with Gasteiger partial charge in [-0.1, -0.05) is 23.2 Å². The first-order valence-electron chi connectivity index (χ1n) is 5.87. The molecule has 1 heterocycles. The fraction of sp³-hybridized carbons (Fsp3) is 0.231. The summed E-state index contributed by atoms with van der Waals surface area (Å²) in [5, 5.41) is 5.63. The summed E-state index contributed by atoms with van der Waals surface area (Å²) in [6.07, 6.45) is 0.702. The van der Waals surface area contributed by atoms with Gasteiger partial charge in [-0.25, -0.2) is 4.98 Å². The number of carbonyl (C=O) groups excluding carboxylic acids is 1. The van der Waals surface area contributed by atoms with Crippen molar-refractivity contribution < 1.29 is 9.53 Å². The second-order valence-electron chi connectivity index (χ2n) is 3.94. The van der Waals surface area contributed by atoms with Gasteiger partial charge in [-0.15, -0.1) is 11.3 Å². The Hall–Kier alpha value is -1.30. The fourth-order valence-electron chi connectivity index (χ4n) is 1.47. The number of benzene rings is 1. The first kappa shape index (κ1) is 15.1. The van der Waals surface area contributed by atoms with Crippen LogP contribution >= 0.6 is 34.5 Å². The van der Waals surface area contributed by atoms with Crippen molar-refractivity contribution in [2.45, 2.75) is 6.42 Å². The summed E-state index contributed by atoms with van der Waals surface area (Å²) in [7, 11) is 0. The van der Waals surface area contributed by atoms with E-state index in [0.29, 0.717) is 28.8 Å². The van der Waals surface area contributed by atoms with Crippen LogP contribution < -0.4 is 10.1 Å². The Labute approximate surface area is 130 Å². The highest BCUT2D eigenvalue weighted by molar-refractivity contribution is 7.07. The Kier molecular flexibility index (Phi) is 5.64. The molecule has 0 saturated carbocycles. The van der Waals surface area contributed by atoms with Crippen LogP contribution in [-0.2, 0) is 11.2 Å². The molecule has 106 valence electrons. The van der Waals surface area contributed by atoms with Gasteiger partial charge < -0.3 is 10.1 Å². The number of carbonyl (C=O) groups is 1. The number of nitrogens with zero attached hydrogens (tertiary/aromatic N) is 1. The number of rotatable bonds is 6. The van der Waals surface area contributed by atoms with E-state index in [0.717, 1.165) is 5.69 Å². The molecule has 0 aliphatic carbocycles. The highest BCUT2D eigenvalue weighted by Gasteiger charge is 2.06. The zero-order chi connectivity index (χ0) is 14.4. The van der Waals surface area contributed by atoms with E-state index < -0.39 is 0 Å². The quantitative estimate of drug-likeness (QED) is 0.884. The Balaban J connectivity index is 1.73. The summed E-state index contributed by atoms with van der Waals surface area (Å²) in [6.45, 7) is 0.423. The average molecular weight is 331 g/mol. The molecule has 1 aromatic heterocycles. The molecule has 1 amide bonds. The summed E-state index contributed by atoms with van der Waals surface area (Å²) in [4.78, 5) is 15.7. The van der Waals surface area contributed by atoms with Crippen molar-refractivity contribution in [3.8, 4) is 5.75 Å². The lowest BCUT2D eigenvalue weighted by Crippen LogP contribution is -2.30. The van der Waals surface area contributed by atoms with Crippen molar-refractivity contribution in [2.24, 2.45) is 0 Å². The molecule has 0 aliphatic rings. The minimum atomic E-state index is -0.212. The molecule has 7 heteroatoms. The number of thiazole rings is 1. The van der Waals surface area contributed by atoms with Crippen LogP contribution in [0, 0.1) is 0 Å². The minimum absolute atomic E-state index is 0.100. The third-order valence-corrected chi connectivity index (χ3v) is 3.62. The van der Waals surface area contributed by atoms with Crippen LogP contribution in [0.15, 0.2) is 29.1 Å². The fourth-order valence-corrected chi connectivity index (χ4v) is 2.40. The highest BCUT2D eigenvalue weighted by atomic mass is 35.5. The summed E-state index contributed by atoms with van der Waals surface area (Å²) in [6, 6.07) is 4.86. The molecular formula is C13H12Cl2N2O2S. The molecule has 0 spiro atoms. The van der Waals surface area contributed by atoms with E-state index in [1.807, 2.05) is 5.38 Å². The van der Waals surface area contributed by atoms with Crippen molar-refractivity contribution in [1.29, 1.82) is 0 Å². The van der Waals surface area contributed by atoms with E-state index in [1.165, 1.54) is 11.3 Å². The molecule has 20 heavy (non-hydrogen) atoms. The first-order chi connectivity index (χ1) is 9.65. The van der Waals surface area contributed by atoms with Crippen LogP contribution in [0.3, 0.4) is 0 Å². The molecule has 0 radical (unpaired) electrons. The Morgan fingerprint density at radius 2 is 2.25 bits per heavy atom. The maximum absolute atomic E-state index is 11.6.